The van der Waals surface area contributed by atoms with E-state index in [1.54, 1.807) is 30.3 Å². The zero-order chi connectivity index (χ0) is 17.8. The third-order valence-electron chi connectivity index (χ3n) is 3.60. The summed E-state index contributed by atoms with van der Waals surface area (Å²) >= 11 is 3.29. The molecule has 132 valence electrons. The highest BCUT2D eigenvalue weighted by molar-refractivity contribution is 9.10. The molecule has 1 aromatic carbocycles. The standard InChI is InChI=1S/C17H17BrFN3O3/c1-22(8-16(23)21-15-3-2-13(18)6-20-15)7-11-4-14(19)5-12-9-24-10-25-17(11)12/h2-6H,7-10H2,1H3,(H,20,21,23). The number of hydrogen-bond donors (Lipinski definition) is 1. The lowest BCUT2D eigenvalue weighted by atomic mass is 10.1. The van der Waals surface area contributed by atoms with Gasteiger partial charge in [-0.05, 0) is 47.2 Å². The summed E-state index contributed by atoms with van der Waals surface area (Å²) in [4.78, 5) is 18.0. The van der Waals surface area contributed by atoms with Crippen LogP contribution in [0.25, 0.3) is 0 Å². The summed E-state index contributed by atoms with van der Waals surface area (Å²) < 4.78 is 25.3. The van der Waals surface area contributed by atoms with E-state index in [-0.39, 0.29) is 25.1 Å². The highest BCUT2D eigenvalue weighted by Gasteiger charge is 2.18. The first-order chi connectivity index (χ1) is 12.0. The van der Waals surface area contributed by atoms with Crippen LogP contribution in [-0.4, -0.2) is 36.2 Å². The number of rotatable bonds is 5. The number of carbonyl (C=O) groups is 1. The molecule has 6 nitrogen and oxygen atoms in total. The normalized spacial score (nSPS) is 13.3. The van der Waals surface area contributed by atoms with Gasteiger partial charge in [0, 0.05) is 28.3 Å². The summed E-state index contributed by atoms with van der Waals surface area (Å²) in [5, 5.41) is 2.72. The summed E-state index contributed by atoms with van der Waals surface area (Å²) in [6.45, 7) is 0.978. The lowest BCUT2D eigenvalue weighted by Gasteiger charge is -2.23. The van der Waals surface area contributed by atoms with Crippen LogP contribution in [0.5, 0.6) is 5.75 Å². The summed E-state index contributed by atoms with van der Waals surface area (Å²) in [6, 6.07) is 6.34. The Bertz CT molecular complexity index is 770. The fourth-order valence-corrected chi connectivity index (χ4v) is 2.83. The van der Waals surface area contributed by atoms with Crippen LogP contribution in [0.2, 0.25) is 0 Å². The van der Waals surface area contributed by atoms with E-state index in [0.29, 0.717) is 35.8 Å². The SMILES string of the molecule is CN(CC(=O)Nc1ccc(Br)cn1)Cc1cc(F)cc2c1OCOC2. The number of benzene rings is 1. The van der Waals surface area contributed by atoms with Crippen molar-refractivity contribution in [3.8, 4) is 5.75 Å². The van der Waals surface area contributed by atoms with Crippen LogP contribution in [0.3, 0.4) is 0 Å². The number of amides is 1. The average molecular weight is 410 g/mol. The molecule has 1 aliphatic heterocycles. The first kappa shape index (κ1) is 17.8. The Hall–Kier alpha value is -2.03. The molecular formula is C17H17BrFN3O3. The van der Waals surface area contributed by atoms with Crippen molar-refractivity contribution in [1.82, 2.24) is 9.88 Å². The maximum atomic E-state index is 13.8. The van der Waals surface area contributed by atoms with Crippen LogP contribution >= 0.6 is 15.9 Å². The van der Waals surface area contributed by atoms with Gasteiger partial charge >= 0.3 is 0 Å². The van der Waals surface area contributed by atoms with Gasteiger partial charge in [0.1, 0.15) is 17.4 Å². The second kappa shape index (κ2) is 7.90. The molecule has 0 unspecified atom stereocenters. The lowest BCUT2D eigenvalue weighted by Crippen LogP contribution is -2.30. The summed E-state index contributed by atoms with van der Waals surface area (Å²) in [6.07, 6.45) is 1.61. The molecule has 0 fully saturated rings. The van der Waals surface area contributed by atoms with Gasteiger partial charge in [0.15, 0.2) is 6.79 Å². The molecule has 25 heavy (non-hydrogen) atoms. The third-order valence-corrected chi connectivity index (χ3v) is 4.07. The van der Waals surface area contributed by atoms with Crippen molar-refractivity contribution in [2.24, 2.45) is 0 Å². The number of nitrogens with zero attached hydrogens (tertiary/aromatic N) is 2. The Morgan fingerprint density at radius 1 is 1.44 bits per heavy atom. The smallest absolute Gasteiger partial charge is 0.239 e. The molecular weight excluding hydrogens is 393 g/mol. The molecule has 8 heteroatoms. The van der Waals surface area contributed by atoms with Gasteiger partial charge in [-0.15, -0.1) is 0 Å². The molecule has 0 aliphatic carbocycles. The van der Waals surface area contributed by atoms with Crippen molar-refractivity contribution in [2.75, 3.05) is 25.7 Å². The minimum Gasteiger partial charge on any atom is -0.467 e. The van der Waals surface area contributed by atoms with Gasteiger partial charge in [0.25, 0.3) is 0 Å². The number of halogens is 2. The first-order valence-electron chi connectivity index (χ1n) is 7.63. The Morgan fingerprint density at radius 2 is 2.28 bits per heavy atom. The molecule has 2 aromatic rings. The molecule has 0 radical (unpaired) electrons. The minimum atomic E-state index is -0.347. The lowest BCUT2D eigenvalue weighted by molar-refractivity contribution is -0.117. The fourth-order valence-electron chi connectivity index (χ4n) is 2.60. The Morgan fingerprint density at radius 3 is 3.04 bits per heavy atom. The van der Waals surface area contributed by atoms with Crippen LogP contribution in [0.15, 0.2) is 34.9 Å². The second-order valence-electron chi connectivity index (χ2n) is 5.75. The van der Waals surface area contributed by atoms with Gasteiger partial charge < -0.3 is 14.8 Å². The van der Waals surface area contributed by atoms with Crippen molar-refractivity contribution in [3.63, 3.8) is 0 Å². The van der Waals surface area contributed by atoms with E-state index in [2.05, 4.69) is 26.2 Å². The van der Waals surface area contributed by atoms with E-state index >= 15 is 0 Å². The number of nitrogens with one attached hydrogen (secondary N) is 1. The average Bonchev–Trinajstić information content (AvgIpc) is 2.56. The van der Waals surface area contributed by atoms with Crippen molar-refractivity contribution in [2.45, 2.75) is 13.2 Å². The molecule has 1 N–H and O–H groups in total. The van der Waals surface area contributed by atoms with E-state index in [9.17, 15) is 9.18 Å². The van der Waals surface area contributed by atoms with Crippen LogP contribution in [0.1, 0.15) is 11.1 Å². The molecule has 0 spiro atoms. The maximum absolute atomic E-state index is 13.8. The van der Waals surface area contributed by atoms with E-state index in [4.69, 9.17) is 9.47 Å². The van der Waals surface area contributed by atoms with Crippen molar-refractivity contribution < 1.29 is 18.7 Å². The van der Waals surface area contributed by atoms with Crippen molar-refractivity contribution >= 4 is 27.7 Å². The number of anilines is 1. The predicted octanol–water partition coefficient (Wildman–Crippen LogP) is 2.92. The van der Waals surface area contributed by atoms with Crippen LogP contribution < -0.4 is 10.1 Å². The van der Waals surface area contributed by atoms with Crippen LogP contribution in [0, 0.1) is 5.82 Å². The van der Waals surface area contributed by atoms with E-state index < -0.39 is 0 Å². The van der Waals surface area contributed by atoms with Gasteiger partial charge in [-0.1, -0.05) is 0 Å². The molecule has 1 amide bonds. The Labute approximate surface area is 153 Å². The number of ether oxygens (including phenoxy) is 2. The highest BCUT2D eigenvalue weighted by atomic mass is 79.9. The monoisotopic (exact) mass is 409 g/mol. The molecule has 0 saturated carbocycles. The van der Waals surface area contributed by atoms with Gasteiger partial charge in [-0.2, -0.15) is 0 Å². The summed E-state index contributed by atoms with van der Waals surface area (Å²) in [5.74, 6) is 0.561. The minimum absolute atomic E-state index is 0.138. The largest absolute Gasteiger partial charge is 0.467 e. The highest BCUT2D eigenvalue weighted by Crippen LogP contribution is 2.30. The van der Waals surface area contributed by atoms with E-state index in [1.807, 2.05) is 0 Å². The van der Waals surface area contributed by atoms with Crippen LogP contribution in [0.4, 0.5) is 10.2 Å². The van der Waals surface area contributed by atoms with Crippen molar-refractivity contribution in [3.05, 3.63) is 51.9 Å². The molecule has 1 aromatic heterocycles. The topological polar surface area (TPSA) is 63.7 Å². The Kier molecular flexibility index (Phi) is 5.62. The molecule has 0 bridgehead atoms. The van der Waals surface area contributed by atoms with Crippen LogP contribution in [-0.2, 0) is 22.7 Å². The van der Waals surface area contributed by atoms with Gasteiger partial charge in [-0.25, -0.2) is 9.37 Å². The molecule has 1 aliphatic rings. The second-order valence-corrected chi connectivity index (χ2v) is 6.66. The van der Waals surface area contributed by atoms with E-state index in [0.717, 1.165) is 4.47 Å². The number of pyridine rings is 1. The summed E-state index contributed by atoms with van der Waals surface area (Å²) in [7, 11) is 1.78. The third kappa shape index (κ3) is 4.75. The zero-order valence-corrected chi connectivity index (χ0v) is 15.2. The number of aromatic nitrogens is 1. The number of hydrogen-bond acceptors (Lipinski definition) is 5. The molecule has 0 saturated heterocycles. The van der Waals surface area contributed by atoms with Gasteiger partial charge in [0.05, 0.1) is 13.2 Å². The first-order valence-corrected chi connectivity index (χ1v) is 8.42. The number of fused-ring (bicyclic) bond motifs is 1. The van der Waals surface area contributed by atoms with E-state index in [1.165, 1.54) is 12.1 Å². The molecule has 0 atom stereocenters. The van der Waals surface area contributed by atoms with Crippen molar-refractivity contribution in [1.29, 1.82) is 0 Å². The fraction of sp³-hybridized carbons (Fsp3) is 0.294. The molecule has 3 rings (SSSR count). The Balaban J connectivity index is 1.62. The maximum Gasteiger partial charge on any atom is 0.239 e. The summed E-state index contributed by atoms with van der Waals surface area (Å²) in [5.41, 5.74) is 1.37. The predicted molar refractivity (Wildman–Crippen MR) is 93.6 cm³/mol. The van der Waals surface area contributed by atoms with Gasteiger partial charge in [-0.3, -0.25) is 9.69 Å². The number of carbonyl (C=O) groups excluding carboxylic acids is 1. The van der Waals surface area contributed by atoms with Gasteiger partial charge in [0.2, 0.25) is 5.91 Å². The quantitative estimate of drug-likeness (QED) is 0.822. The zero-order valence-electron chi connectivity index (χ0n) is 13.6. The number of likely N-dealkylation sites (N-methyl/N-ethyl adjacent to an activating group) is 1. The molecule has 2 heterocycles.